The van der Waals surface area contributed by atoms with Crippen LogP contribution >= 0.6 is 0 Å². The fourth-order valence-corrected chi connectivity index (χ4v) is 3.96. The third kappa shape index (κ3) is 6.97. The molecule has 0 amide bonds. The minimum atomic E-state index is -2.58. The minimum absolute atomic E-state index is 0. The molecule has 0 N–H and O–H groups in total. The standard InChI is InChI=1S/C20H20N.C13H11FN.Ir/c1-13(2)16-5-6-19-17(12-16)7-8-21-20(19)18-10-14(3)9-15(4)11-18;1-9-7-13(15-8-10(9)2)11-3-5-12(14)6-4-11;/h5-10,12-13H,1-4H3;3,5-8H,1-2H3;/q2*-1;/i;1D3,2D3;. The van der Waals surface area contributed by atoms with E-state index in [2.05, 4.69) is 86.2 Å². The Balaban J connectivity index is 0.000000230. The molecule has 4 heteroatoms. The van der Waals surface area contributed by atoms with Gasteiger partial charge in [-0.15, -0.1) is 64.7 Å². The number of halogens is 1. The van der Waals surface area contributed by atoms with E-state index in [0.717, 1.165) is 29.1 Å². The number of pyridine rings is 2. The molecule has 2 nitrogen and oxygen atoms in total. The average Bonchev–Trinajstić information content (AvgIpc) is 2.91. The van der Waals surface area contributed by atoms with Gasteiger partial charge in [0.05, 0.1) is 0 Å². The van der Waals surface area contributed by atoms with Crippen molar-refractivity contribution >= 4 is 10.8 Å². The Kier molecular flexibility index (Phi) is 6.95. The van der Waals surface area contributed by atoms with Gasteiger partial charge in [-0.05, 0) is 59.0 Å². The predicted octanol–water partition coefficient (Wildman–Crippen LogP) is 8.74. The maximum absolute atomic E-state index is 12.9. The number of aromatic nitrogens is 2. The topological polar surface area (TPSA) is 25.8 Å². The molecule has 0 spiro atoms. The summed E-state index contributed by atoms with van der Waals surface area (Å²) in [7, 11) is 0. The number of hydrogen-bond donors (Lipinski definition) is 0. The minimum Gasteiger partial charge on any atom is -0.304 e. The number of nitrogens with zero attached hydrogens (tertiary/aromatic N) is 2. The van der Waals surface area contributed by atoms with E-state index in [1.54, 1.807) is 0 Å². The first kappa shape index (κ1) is 20.8. The summed E-state index contributed by atoms with van der Waals surface area (Å²) in [6.07, 6.45) is 2.93. The zero-order chi connectivity index (χ0) is 30.8. The molecule has 191 valence electrons. The number of aryl methyl sites for hydroxylation is 4. The van der Waals surface area contributed by atoms with Gasteiger partial charge in [0, 0.05) is 46.5 Å². The fourth-order valence-electron chi connectivity index (χ4n) is 3.96. The molecule has 5 aromatic rings. The molecule has 0 bridgehead atoms. The van der Waals surface area contributed by atoms with Gasteiger partial charge in [0.25, 0.3) is 0 Å². The second-order valence-corrected chi connectivity index (χ2v) is 9.08. The maximum Gasteiger partial charge on any atom is 0.0379 e. The molecule has 0 aliphatic carbocycles. The molecule has 0 saturated carbocycles. The van der Waals surface area contributed by atoms with E-state index in [-0.39, 0.29) is 36.9 Å². The monoisotopic (exact) mass is 673 g/mol. The maximum atomic E-state index is 12.9. The van der Waals surface area contributed by atoms with Crippen LogP contribution in [-0.2, 0) is 20.1 Å². The normalized spacial score (nSPS) is 13.7. The first-order valence-corrected chi connectivity index (χ1v) is 11.7. The van der Waals surface area contributed by atoms with E-state index >= 15 is 0 Å². The van der Waals surface area contributed by atoms with Crippen LogP contribution in [0.2, 0.25) is 0 Å². The Hall–Kier alpha value is -3.20. The van der Waals surface area contributed by atoms with Gasteiger partial charge in [-0.2, -0.15) is 0 Å². The summed E-state index contributed by atoms with van der Waals surface area (Å²) >= 11 is 0. The number of fused-ring (bicyclic) bond motifs is 1. The Morgan fingerprint density at radius 2 is 1.70 bits per heavy atom. The summed E-state index contributed by atoms with van der Waals surface area (Å²) in [6, 6.07) is 24.0. The summed E-state index contributed by atoms with van der Waals surface area (Å²) in [5.41, 5.74) is 5.89. The SMILES string of the molecule is Cc1[c-]c(-c2nccc3cc(C(C)C)ccc23)cc(C)c1.[2H]C([2H])([2H])c1cnc(-c2[c-]cc(F)cc2)cc1C([2H])([2H])[2H].[Ir]. The molecular formula is C33H31FIrN2-2. The van der Waals surface area contributed by atoms with Crippen molar-refractivity contribution in [3.63, 3.8) is 0 Å². The number of hydrogen-bond acceptors (Lipinski definition) is 2. The Labute approximate surface area is 241 Å². The van der Waals surface area contributed by atoms with Crippen molar-refractivity contribution in [2.45, 2.75) is 47.3 Å². The molecule has 1 radical (unpaired) electrons. The Morgan fingerprint density at radius 1 is 0.892 bits per heavy atom. The van der Waals surface area contributed by atoms with Crippen molar-refractivity contribution in [1.29, 1.82) is 0 Å². The van der Waals surface area contributed by atoms with E-state index in [4.69, 9.17) is 8.22 Å². The van der Waals surface area contributed by atoms with Gasteiger partial charge < -0.3 is 9.97 Å². The van der Waals surface area contributed by atoms with Crippen molar-refractivity contribution in [2.24, 2.45) is 0 Å². The third-order valence-corrected chi connectivity index (χ3v) is 5.81. The van der Waals surface area contributed by atoms with Crippen LogP contribution in [0.25, 0.3) is 33.3 Å². The molecular weight excluding hydrogens is 636 g/mol. The van der Waals surface area contributed by atoms with Crippen LogP contribution in [0.4, 0.5) is 4.39 Å². The van der Waals surface area contributed by atoms with Gasteiger partial charge in [0.1, 0.15) is 0 Å². The number of benzene rings is 3. The largest absolute Gasteiger partial charge is 0.304 e. The smallest absolute Gasteiger partial charge is 0.0379 e. The van der Waals surface area contributed by atoms with E-state index in [0.29, 0.717) is 11.5 Å². The number of rotatable bonds is 3. The first-order valence-electron chi connectivity index (χ1n) is 14.7. The quantitative estimate of drug-likeness (QED) is 0.179. The molecule has 0 aliphatic rings. The van der Waals surface area contributed by atoms with Crippen LogP contribution in [0.5, 0.6) is 0 Å². The molecule has 37 heavy (non-hydrogen) atoms. The fraction of sp³-hybridized carbons (Fsp3) is 0.212. The first-order chi connectivity index (χ1) is 19.6. The third-order valence-electron chi connectivity index (χ3n) is 5.81. The molecule has 0 aliphatic heterocycles. The van der Waals surface area contributed by atoms with Crippen molar-refractivity contribution in [3.05, 3.63) is 119 Å². The molecule has 0 atom stereocenters. The molecule has 0 fully saturated rings. The van der Waals surface area contributed by atoms with Gasteiger partial charge >= 0.3 is 0 Å². The summed E-state index contributed by atoms with van der Waals surface area (Å²) < 4.78 is 57.4. The van der Waals surface area contributed by atoms with Crippen LogP contribution in [0.3, 0.4) is 0 Å². The van der Waals surface area contributed by atoms with Crippen LogP contribution in [0, 0.1) is 45.5 Å². The van der Waals surface area contributed by atoms with Gasteiger partial charge in [0.2, 0.25) is 0 Å². The van der Waals surface area contributed by atoms with Gasteiger partial charge in [0.15, 0.2) is 0 Å². The Morgan fingerprint density at radius 3 is 2.38 bits per heavy atom. The van der Waals surface area contributed by atoms with Crippen molar-refractivity contribution in [3.8, 4) is 22.5 Å². The predicted molar refractivity (Wildman–Crippen MR) is 148 cm³/mol. The van der Waals surface area contributed by atoms with Crippen LogP contribution in [0.1, 0.15) is 55.8 Å². The van der Waals surface area contributed by atoms with E-state index in [1.807, 2.05) is 6.20 Å². The van der Waals surface area contributed by atoms with Gasteiger partial charge in [-0.25, -0.2) is 0 Å². The summed E-state index contributed by atoms with van der Waals surface area (Å²) in [4.78, 5) is 8.56. The second-order valence-electron chi connectivity index (χ2n) is 9.08. The van der Waals surface area contributed by atoms with E-state index in [9.17, 15) is 4.39 Å². The molecule has 3 aromatic carbocycles. The average molecular weight is 673 g/mol. The summed E-state index contributed by atoms with van der Waals surface area (Å²) in [5.74, 6) is 0.0627. The summed E-state index contributed by atoms with van der Waals surface area (Å²) in [5, 5.41) is 2.45. The van der Waals surface area contributed by atoms with Crippen molar-refractivity contribution < 1.29 is 32.7 Å². The van der Waals surface area contributed by atoms with Gasteiger partial charge in [-0.1, -0.05) is 57.5 Å². The zero-order valence-corrected chi connectivity index (χ0v) is 23.5. The van der Waals surface area contributed by atoms with Crippen molar-refractivity contribution in [2.75, 3.05) is 0 Å². The van der Waals surface area contributed by atoms with Gasteiger partial charge in [-0.3, -0.25) is 4.39 Å². The zero-order valence-electron chi connectivity index (χ0n) is 27.1. The van der Waals surface area contributed by atoms with E-state index in [1.165, 1.54) is 40.1 Å². The van der Waals surface area contributed by atoms with Crippen molar-refractivity contribution in [1.82, 2.24) is 9.97 Å². The molecule has 0 saturated heterocycles. The van der Waals surface area contributed by atoms with Crippen LogP contribution in [0.15, 0.2) is 73.1 Å². The van der Waals surface area contributed by atoms with Crippen LogP contribution < -0.4 is 0 Å². The molecule has 5 rings (SSSR count). The molecule has 0 unspecified atom stereocenters. The Bertz CT molecular complexity index is 1690. The van der Waals surface area contributed by atoms with E-state index < -0.39 is 19.5 Å². The molecule has 2 heterocycles. The van der Waals surface area contributed by atoms with Crippen LogP contribution in [-0.4, -0.2) is 9.97 Å². The second kappa shape index (κ2) is 12.4. The summed E-state index contributed by atoms with van der Waals surface area (Å²) in [6.45, 7) is 3.50. The molecule has 2 aromatic heterocycles.